The van der Waals surface area contributed by atoms with Crippen molar-refractivity contribution in [1.29, 1.82) is 0 Å². The van der Waals surface area contributed by atoms with E-state index in [-0.39, 0.29) is 53.3 Å². The van der Waals surface area contributed by atoms with Crippen LogP contribution in [-0.4, -0.2) is 70.9 Å². The maximum absolute atomic E-state index is 13.0. The van der Waals surface area contributed by atoms with Crippen LogP contribution < -0.4 is 26.0 Å². The van der Waals surface area contributed by atoms with Crippen molar-refractivity contribution in [3.63, 3.8) is 0 Å². The molecule has 0 bridgehead atoms. The van der Waals surface area contributed by atoms with Crippen molar-refractivity contribution in [2.45, 2.75) is 32.0 Å². The molecule has 1 unspecified atom stereocenters. The van der Waals surface area contributed by atoms with Gasteiger partial charge in [-0.2, -0.15) is 0 Å². The largest absolute Gasteiger partial charge is 0.481 e. The van der Waals surface area contributed by atoms with Gasteiger partial charge in [-0.3, -0.25) is 19.6 Å². The standard InChI is InChI=1S/C33H33Cl2N7O6/c1-47-32-20(17-39-33(46)48-18-21-7-10-27(44)40-21)6-9-24(42-32)22-11-12-37-30(29(22)35)23-3-2-4-25(28(23)34)41-31(45)26-8-5-19(16-38-26)15-36-13-14-43/h2-6,8-9,11-12,16,21,36,43H,7,10,13-15,17-18H2,1H3,(H,39,46)(H,40,44)(H,41,45). The fourth-order valence-corrected chi connectivity index (χ4v) is 5.50. The highest BCUT2D eigenvalue weighted by molar-refractivity contribution is 6.39. The van der Waals surface area contributed by atoms with E-state index in [4.69, 9.17) is 37.8 Å². The van der Waals surface area contributed by atoms with Gasteiger partial charge in [0.05, 0.1) is 53.4 Å². The number of hydrogen-bond acceptors (Lipinski definition) is 10. The molecule has 0 saturated carbocycles. The zero-order chi connectivity index (χ0) is 34.0. The molecule has 5 N–H and O–H groups in total. The molecule has 250 valence electrons. The normalized spacial score (nSPS) is 13.9. The molecule has 3 aromatic heterocycles. The van der Waals surface area contributed by atoms with Gasteiger partial charge in [0, 0.05) is 48.6 Å². The van der Waals surface area contributed by atoms with Crippen LogP contribution in [0.25, 0.3) is 22.5 Å². The Bertz CT molecular complexity index is 1790. The second-order valence-electron chi connectivity index (χ2n) is 10.7. The molecular weight excluding hydrogens is 661 g/mol. The van der Waals surface area contributed by atoms with Crippen LogP contribution in [0.1, 0.15) is 34.5 Å². The summed E-state index contributed by atoms with van der Waals surface area (Å²) in [5, 5.41) is 20.7. The highest BCUT2D eigenvalue weighted by atomic mass is 35.5. The van der Waals surface area contributed by atoms with Crippen molar-refractivity contribution < 1.29 is 29.0 Å². The van der Waals surface area contributed by atoms with E-state index in [9.17, 15) is 14.4 Å². The molecule has 1 atom stereocenters. The third-order valence-corrected chi connectivity index (χ3v) is 8.19. The summed E-state index contributed by atoms with van der Waals surface area (Å²) in [4.78, 5) is 49.8. The number of alkyl carbamates (subject to hydrolysis) is 1. The van der Waals surface area contributed by atoms with Gasteiger partial charge in [-0.1, -0.05) is 41.4 Å². The number of nitrogens with zero attached hydrogens (tertiary/aromatic N) is 3. The zero-order valence-electron chi connectivity index (χ0n) is 25.9. The second kappa shape index (κ2) is 16.3. The van der Waals surface area contributed by atoms with Gasteiger partial charge >= 0.3 is 6.09 Å². The predicted octanol–water partition coefficient (Wildman–Crippen LogP) is 4.36. The number of hydrogen-bond donors (Lipinski definition) is 5. The van der Waals surface area contributed by atoms with E-state index in [1.165, 1.54) is 7.11 Å². The summed E-state index contributed by atoms with van der Waals surface area (Å²) in [7, 11) is 1.47. The molecule has 0 radical (unpaired) electrons. The van der Waals surface area contributed by atoms with Crippen molar-refractivity contribution in [1.82, 2.24) is 30.9 Å². The Kier molecular flexibility index (Phi) is 11.7. The number of carbonyl (C=O) groups excluding carboxylic acids is 3. The van der Waals surface area contributed by atoms with E-state index in [1.807, 2.05) is 0 Å². The van der Waals surface area contributed by atoms with E-state index in [1.54, 1.807) is 60.9 Å². The molecule has 48 heavy (non-hydrogen) atoms. The average Bonchev–Trinajstić information content (AvgIpc) is 3.52. The number of aromatic nitrogens is 3. The maximum atomic E-state index is 13.0. The fourth-order valence-electron chi connectivity index (χ4n) is 4.93. The first-order valence-corrected chi connectivity index (χ1v) is 15.8. The molecule has 1 aromatic carbocycles. The van der Waals surface area contributed by atoms with Gasteiger partial charge in [0.1, 0.15) is 12.3 Å². The first-order chi connectivity index (χ1) is 23.3. The van der Waals surface area contributed by atoms with Gasteiger partial charge in [-0.15, -0.1) is 0 Å². The van der Waals surface area contributed by atoms with Crippen LogP contribution in [0.3, 0.4) is 0 Å². The van der Waals surface area contributed by atoms with Gasteiger partial charge in [-0.25, -0.2) is 9.78 Å². The van der Waals surface area contributed by atoms with Gasteiger partial charge in [0.25, 0.3) is 5.91 Å². The van der Waals surface area contributed by atoms with Crippen LogP contribution in [0.15, 0.2) is 60.9 Å². The Morgan fingerprint density at radius 3 is 2.62 bits per heavy atom. The number of amides is 3. The van der Waals surface area contributed by atoms with Crippen LogP contribution in [0.5, 0.6) is 5.88 Å². The number of carbonyl (C=O) groups is 3. The molecule has 13 nitrogen and oxygen atoms in total. The third-order valence-electron chi connectivity index (χ3n) is 7.40. The first kappa shape index (κ1) is 34.5. The number of rotatable bonds is 13. The minimum Gasteiger partial charge on any atom is -0.481 e. The summed E-state index contributed by atoms with van der Waals surface area (Å²) in [6.45, 7) is 1.18. The van der Waals surface area contributed by atoms with Gasteiger partial charge < -0.3 is 35.8 Å². The van der Waals surface area contributed by atoms with E-state index >= 15 is 0 Å². The number of anilines is 1. The molecule has 1 aliphatic rings. The number of ether oxygens (including phenoxy) is 2. The van der Waals surface area contributed by atoms with Crippen LogP contribution in [0.4, 0.5) is 10.5 Å². The SMILES string of the molecule is COc1nc(-c2ccnc(-c3cccc(NC(=O)c4ccc(CNCCO)cn4)c3Cl)c2Cl)ccc1CNC(=O)OCC1CCC(=O)N1. The summed E-state index contributed by atoms with van der Waals surface area (Å²) in [6, 6.07) is 13.5. The summed E-state index contributed by atoms with van der Waals surface area (Å²) >= 11 is 13.7. The Labute approximate surface area is 286 Å². The molecule has 4 heterocycles. The summed E-state index contributed by atoms with van der Waals surface area (Å²) in [5.41, 5.74) is 3.94. The van der Waals surface area contributed by atoms with Crippen molar-refractivity contribution in [3.05, 3.63) is 87.8 Å². The van der Waals surface area contributed by atoms with Gasteiger partial charge in [0.15, 0.2) is 0 Å². The number of pyridine rings is 3. The molecule has 1 fully saturated rings. The third kappa shape index (κ3) is 8.55. The van der Waals surface area contributed by atoms with Gasteiger partial charge in [-0.05, 0) is 42.3 Å². The van der Waals surface area contributed by atoms with Crippen molar-refractivity contribution in [2.75, 3.05) is 32.2 Å². The number of aliphatic hydroxyl groups is 1. The Morgan fingerprint density at radius 2 is 1.90 bits per heavy atom. The molecule has 3 amide bonds. The minimum atomic E-state index is -0.628. The molecular formula is C33H33Cl2N7O6. The molecule has 4 aromatic rings. The van der Waals surface area contributed by atoms with Crippen LogP contribution in [0.2, 0.25) is 10.0 Å². The summed E-state index contributed by atoms with van der Waals surface area (Å²) < 4.78 is 10.7. The lowest BCUT2D eigenvalue weighted by Gasteiger charge is -2.15. The van der Waals surface area contributed by atoms with Crippen LogP contribution in [-0.2, 0) is 22.6 Å². The lowest BCUT2D eigenvalue weighted by Crippen LogP contribution is -2.33. The Balaban J connectivity index is 1.28. The molecule has 0 aliphatic carbocycles. The number of methoxy groups -OCH3 is 1. The number of benzene rings is 1. The average molecular weight is 695 g/mol. The maximum Gasteiger partial charge on any atom is 0.407 e. The van der Waals surface area contributed by atoms with Crippen molar-refractivity contribution >= 4 is 46.8 Å². The summed E-state index contributed by atoms with van der Waals surface area (Å²) in [5.74, 6) is -0.225. The van der Waals surface area contributed by atoms with E-state index < -0.39 is 12.0 Å². The van der Waals surface area contributed by atoms with E-state index in [0.29, 0.717) is 59.7 Å². The second-order valence-corrected chi connectivity index (χ2v) is 11.5. The van der Waals surface area contributed by atoms with Gasteiger partial charge in [0.2, 0.25) is 11.8 Å². The fraction of sp³-hybridized carbons (Fsp3) is 0.273. The first-order valence-electron chi connectivity index (χ1n) is 15.0. The molecule has 15 heteroatoms. The molecule has 0 spiro atoms. The summed E-state index contributed by atoms with van der Waals surface area (Å²) in [6.07, 6.45) is 3.58. The topological polar surface area (TPSA) is 177 Å². The van der Waals surface area contributed by atoms with E-state index in [0.717, 1.165) is 5.56 Å². The minimum absolute atomic E-state index is 0.0298. The van der Waals surface area contributed by atoms with Crippen molar-refractivity contribution in [3.8, 4) is 28.4 Å². The lowest BCUT2D eigenvalue weighted by atomic mass is 10.1. The lowest BCUT2D eigenvalue weighted by molar-refractivity contribution is -0.119. The quantitative estimate of drug-likeness (QED) is 0.126. The molecule has 1 saturated heterocycles. The van der Waals surface area contributed by atoms with E-state index in [2.05, 4.69) is 36.2 Å². The number of nitrogens with one attached hydrogen (secondary N) is 4. The number of halogens is 2. The zero-order valence-corrected chi connectivity index (χ0v) is 27.4. The smallest absolute Gasteiger partial charge is 0.407 e. The Morgan fingerprint density at radius 1 is 1.04 bits per heavy atom. The highest BCUT2D eigenvalue weighted by Gasteiger charge is 2.22. The van der Waals surface area contributed by atoms with Crippen LogP contribution in [0, 0.1) is 0 Å². The van der Waals surface area contributed by atoms with Crippen molar-refractivity contribution in [2.24, 2.45) is 0 Å². The highest BCUT2D eigenvalue weighted by Crippen LogP contribution is 2.40. The monoisotopic (exact) mass is 693 g/mol. The predicted molar refractivity (Wildman–Crippen MR) is 180 cm³/mol. The molecule has 1 aliphatic heterocycles. The molecule has 5 rings (SSSR count). The number of aliphatic hydroxyl groups excluding tert-OH is 1. The Hall–Kier alpha value is -4.82. The van der Waals surface area contributed by atoms with Crippen LogP contribution >= 0.6 is 23.2 Å².